The molecule has 16 nitrogen and oxygen atoms in total. The third-order valence-electron chi connectivity index (χ3n) is 5.06. The lowest BCUT2D eigenvalue weighted by Crippen LogP contribution is -2.77. The van der Waals surface area contributed by atoms with E-state index in [0.29, 0.717) is 10.2 Å². The summed E-state index contributed by atoms with van der Waals surface area (Å²) in [6, 6.07) is -0.567. The highest BCUT2D eigenvalue weighted by Crippen LogP contribution is 2.36. The molecular weight excluding hydrogens is 428 g/mol. The quantitative estimate of drug-likeness (QED) is 0.147. The Labute approximate surface area is 175 Å². The number of aliphatic hydroxyl groups is 10. The first kappa shape index (κ1) is 25.7. The molecule has 0 radical (unpaired) electrons. The molecule has 10 N–H and O–H groups in total. The van der Waals surface area contributed by atoms with Crippen molar-refractivity contribution >= 4 is 11.8 Å². The molecule has 0 aromatic rings. The standard InChI is InChI=1S/C15H28N4O12/c1-5-2-16-18(14(30)12(28)10(26)8(24)6(22)3-20)17(5)19(16)15(31)13(29)11(27)9(25)7(23)4-21/h5-13,20-29H,2-4H2,1H3/t5?,6-,7-,8-,9-,10+,11+,12-,13-/m1/s1. The van der Waals surface area contributed by atoms with E-state index in [4.69, 9.17) is 10.2 Å². The summed E-state index contributed by atoms with van der Waals surface area (Å²) < 4.78 is 0. The van der Waals surface area contributed by atoms with E-state index in [1.165, 1.54) is 0 Å². The van der Waals surface area contributed by atoms with Crippen LogP contribution in [-0.2, 0) is 9.59 Å². The van der Waals surface area contributed by atoms with E-state index < -0.39 is 79.9 Å². The van der Waals surface area contributed by atoms with Crippen LogP contribution in [0.1, 0.15) is 6.92 Å². The molecule has 3 aliphatic heterocycles. The minimum atomic E-state index is -2.26. The minimum absolute atomic E-state index is 0.00719. The zero-order chi connectivity index (χ0) is 23.8. The smallest absolute Gasteiger partial charge is 0.286 e. The summed E-state index contributed by atoms with van der Waals surface area (Å²) in [5, 5.41) is 98.8. The maximum Gasteiger partial charge on any atom is 0.286 e. The molecule has 3 aliphatic rings. The topological polar surface area (TPSA) is 249 Å². The summed E-state index contributed by atoms with van der Waals surface area (Å²) in [7, 11) is 0. The predicted octanol–water partition coefficient (Wildman–Crippen LogP) is -7.80. The molecule has 2 bridgehead atoms. The van der Waals surface area contributed by atoms with Gasteiger partial charge in [0.25, 0.3) is 11.8 Å². The van der Waals surface area contributed by atoms with Gasteiger partial charge in [-0.2, -0.15) is 10.2 Å². The molecule has 0 saturated carbocycles. The van der Waals surface area contributed by atoms with Gasteiger partial charge in [-0.25, -0.2) is 0 Å². The highest BCUT2D eigenvalue weighted by atomic mass is 16.4. The molecule has 1 unspecified atom stereocenters. The fraction of sp³-hybridized carbons (Fsp3) is 0.867. The van der Waals surface area contributed by atoms with Crippen molar-refractivity contribution in [2.75, 3.05) is 19.8 Å². The van der Waals surface area contributed by atoms with Gasteiger partial charge in [-0.3, -0.25) is 9.59 Å². The highest BCUT2D eigenvalue weighted by molar-refractivity contribution is 5.85. The van der Waals surface area contributed by atoms with Gasteiger partial charge in [-0.05, 0) is 6.92 Å². The Morgan fingerprint density at radius 2 is 1.10 bits per heavy atom. The molecular formula is C15H28N4O12. The van der Waals surface area contributed by atoms with Crippen LogP contribution in [0.2, 0.25) is 0 Å². The summed E-state index contributed by atoms with van der Waals surface area (Å²) in [5.74, 6) is -2.42. The number of rotatable bonds is 10. The summed E-state index contributed by atoms with van der Waals surface area (Å²) in [6.07, 6.45) is -16.7. The van der Waals surface area contributed by atoms with E-state index in [1.54, 1.807) is 6.92 Å². The molecule has 3 fully saturated rings. The van der Waals surface area contributed by atoms with Crippen LogP contribution in [0.25, 0.3) is 0 Å². The van der Waals surface area contributed by atoms with E-state index in [0.717, 1.165) is 10.2 Å². The van der Waals surface area contributed by atoms with Crippen molar-refractivity contribution < 1.29 is 60.7 Å². The number of amides is 2. The number of fused-ring (bicyclic) bond motifs is 1. The molecule has 3 heterocycles. The van der Waals surface area contributed by atoms with Crippen LogP contribution in [-0.4, -0.2) is 158 Å². The Kier molecular flexibility index (Phi) is 8.25. The van der Waals surface area contributed by atoms with Crippen LogP contribution in [0.5, 0.6) is 0 Å². The number of hydrogen-bond acceptors (Lipinski definition) is 14. The molecule has 0 aliphatic carbocycles. The van der Waals surface area contributed by atoms with Crippen molar-refractivity contribution in [1.29, 1.82) is 0 Å². The first-order chi connectivity index (χ1) is 14.4. The number of hydrazine groups is 4. The number of nitrogens with zero attached hydrogens (tertiary/aromatic N) is 4. The number of aliphatic hydroxyl groups excluding tert-OH is 10. The van der Waals surface area contributed by atoms with Crippen LogP contribution < -0.4 is 0 Å². The van der Waals surface area contributed by atoms with Gasteiger partial charge < -0.3 is 51.1 Å². The van der Waals surface area contributed by atoms with Gasteiger partial charge in [0.1, 0.15) is 36.6 Å². The lowest BCUT2D eigenvalue weighted by Gasteiger charge is -2.53. The van der Waals surface area contributed by atoms with Crippen molar-refractivity contribution in [2.24, 2.45) is 0 Å². The number of hydrogen-bond donors (Lipinski definition) is 10. The second-order valence-electron chi connectivity index (χ2n) is 7.33. The third kappa shape index (κ3) is 4.51. The average Bonchev–Trinajstić information content (AvgIpc) is 3.28. The van der Waals surface area contributed by atoms with Crippen molar-refractivity contribution in [3.8, 4) is 0 Å². The van der Waals surface area contributed by atoms with Crippen LogP contribution >= 0.6 is 0 Å². The molecule has 0 aromatic heterocycles. The Balaban J connectivity index is 2.09. The lowest BCUT2D eigenvalue weighted by atomic mass is 10.0. The van der Waals surface area contributed by atoms with E-state index in [9.17, 15) is 50.4 Å². The third-order valence-corrected chi connectivity index (χ3v) is 5.06. The maximum absolute atomic E-state index is 12.5. The van der Waals surface area contributed by atoms with Crippen LogP contribution in [0.15, 0.2) is 0 Å². The van der Waals surface area contributed by atoms with E-state index in [2.05, 4.69) is 0 Å². The van der Waals surface area contributed by atoms with Crippen molar-refractivity contribution in [2.45, 2.75) is 61.8 Å². The van der Waals surface area contributed by atoms with Gasteiger partial charge in [0.2, 0.25) is 0 Å². The fourth-order valence-electron chi connectivity index (χ4n) is 3.18. The molecule has 9 atom stereocenters. The van der Waals surface area contributed by atoms with E-state index >= 15 is 0 Å². The van der Waals surface area contributed by atoms with Crippen molar-refractivity contribution in [1.82, 2.24) is 20.5 Å². The molecule has 31 heavy (non-hydrogen) atoms. The van der Waals surface area contributed by atoms with Gasteiger partial charge in [0.05, 0.1) is 25.8 Å². The largest absolute Gasteiger partial charge is 0.394 e. The monoisotopic (exact) mass is 456 g/mol. The van der Waals surface area contributed by atoms with Crippen LogP contribution in [0, 0.1) is 0 Å². The molecule has 3 rings (SSSR count). The van der Waals surface area contributed by atoms with Gasteiger partial charge >= 0.3 is 0 Å². The molecule has 2 amide bonds. The van der Waals surface area contributed by atoms with E-state index in [1.807, 2.05) is 0 Å². The predicted molar refractivity (Wildman–Crippen MR) is 93.9 cm³/mol. The Morgan fingerprint density at radius 1 is 0.742 bits per heavy atom. The fourth-order valence-corrected chi connectivity index (χ4v) is 3.18. The zero-order valence-electron chi connectivity index (χ0n) is 16.4. The summed E-state index contributed by atoms with van der Waals surface area (Å²) in [5.41, 5.74) is 0. The summed E-state index contributed by atoms with van der Waals surface area (Å²) in [6.45, 7) is -0.352. The highest BCUT2D eigenvalue weighted by Gasteiger charge is 2.61. The minimum Gasteiger partial charge on any atom is -0.394 e. The SMILES string of the molecule is CC1CN2N(C(=O)[C@H](O)[C@@H](O)[C@H](O)[C@H](O)CO)N1N2C(=O)[C@H](O)[C@@H](O)[C@H](O)[C@H](O)CO. The summed E-state index contributed by atoms with van der Waals surface area (Å²) >= 11 is 0. The van der Waals surface area contributed by atoms with Gasteiger partial charge in [-0.1, -0.05) is 10.2 Å². The average molecular weight is 456 g/mol. The first-order valence-corrected chi connectivity index (χ1v) is 9.31. The molecule has 16 heteroatoms. The van der Waals surface area contributed by atoms with Crippen LogP contribution in [0.4, 0.5) is 0 Å². The van der Waals surface area contributed by atoms with E-state index in [-0.39, 0.29) is 6.54 Å². The molecule has 0 aromatic carbocycles. The normalized spacial score (nSPS) is 30.6. The van der Waals surface area contributed by atoms with Crippen molar-refractivity contribution in [3.63, 3.8) is 0 Å². The summed E-state index contributed by atoms with van der Waals surface area (Å²) in [4.78, 5) is 25.0. The number of carbonyl (C=O) groups is 2. The van der Waals surface area contributed by atoms with Gasteiger partial charge in [-0.15, -0.1) is 0 Å². The molecule has 3 saturated heterocycles. The molecule has 0 spiro atoms. The first-order valence-electron chi connectivity index (χ1n) is 9.31. The lowest BCUT2D eigenvalue weighted by molar-refractivity contribution is -0.421. The molecule has 180 valence electrons. The van der Waals surface area contributed by atoms with Gasteiger partial charge in [0.15, 0.2) is 12.2 Å². The second kappa shape index (κ2) is 9.94. The Hall–Kier alpha value is -1.54. The second-order valence-corrected chi connectivity index (χ2v) is 7.33. The zero-order valence-corrected chi connectivity index (χ0v) is 16.4. The Bertz CT molecular complexity index is 609. The van der Waals surface area contributed by atoms with Gasteiger partial charge in [0, 0.05) is 0 Å². The Morgan fingerprint density at radius 3 is 1.35 bits per heavy atom. The van der Waals surface area contributed by atoms with Crippen LogP contribution in [0.3, 0.4) is 0 Å². The maximum atomic E-state index is 12.5. The number of carbonyl (C=O) groups excluding carboxylic acids is 2. The van der Waals surface area contributed by atoms with Crippen molar-refractivity contribution in [3.05, 3.63) is 0 Å².